The number of hydrazine groups is 1. The lowest BCUT2D eigenvalue weighted by Crippen LogP contribution is -2.64. The topological polar surface area (TPSA) is 94.5 Å². The van der Waals surface area contributed by atoms with E-state index in [2.05, 4.69) is 16.7 Å². The largest absolute Gasteiger partial charge is 0.481 e. The Labute approximate surface area is 127 Å². The van der Waals surface area contributed by atoms with Gasteiger partial charge in [0.1, 0.15) is 12.4 Å². The van der Waals surface area contributed by atoms with E-state index in [-0.39, 0.29) is 6.61 Å². The van der Waals surface area contributed by atoms with Crippen molar-refractivity contribution >= 4 is 17.6 Å². The molecule has 0 radical (unpaired) electrons. The summed E-state index contributed by atoms with van der Waals surface area (Å²) in [6.45, 7) is 3.76. The van der Waals surface area contributed by atoms with Crippen molar-refractivity contribution in [2.24, 2.45) is 0 Å². The lowest BCUT2D eigenvalue weighted by atomic mass is 10.1. The van der Waals surface area contributed by atoms with Gasteiger partial charge in [0.2, 0.25) is 0 Å². The maximum Gasteiger partial charge on any atom is 0.343 e. The van der Waals surface area contributed by atoms with Crippen molar-refractivity contribution in [2.45, 2.75) is 19.9 Å². The van der Waals surface area contributed by atoms with E-state index in [1.807, 2.05) is 13.0 Å². The first-order valence-corrected chi connectivity index (χ1v) is 6.46. The molecular formula is C15H14N4O3. The Morgan fingerprint density at radius 3 is 2.73 bits per heavy atom. The molecule has 0 aliphatic carbocycles. The number of nitrogens with zero attached hydrogens (tertiary/aromatic N) is 2. The quantitative estimate of drug-likeness (QED) is 0.804. The van der Waals surface area contributed by atoms with Gasteiger partial charge in [-0.15, -0.1) is 6.42 Å². The molecule has 22 heavy (non-hydrogen) atoms. The summed E-state index contributed by atoms with van der Waals surface area (Å²) >= 11 is 0. The second-order valence-corrected chi connectivity index (χ2v) is 4.72. The summed E-state index contributed by atoms with van der Waals surface area (Å²) in [6.07, 6.45) is 5.18. The number of ether oxygens (including phenoxy) is 1. The van der Waals surface area contributed by atoms with E-state index in [0.29, 0.717) is 11.4 Å². The monoisotopic (exact) mass is 298 g/mol. The van der Waals surface area contributed by atoms with Crippen molar-refractivity contribution in [3.8, 4) is 24.2 Å². The van der Waals surface area contributed by atoms with Gasteiger partial charge in [0.25, 0.3) is 5.91 Å². The summed E-state index contributed by atoms with van der Waals surface area (Å²) in [4.78, 5) is 23.4. The first-order chi connectivity index (χ1) is 10.5. The molecule has 0 saturated carbocycles. The van der Waals surface area contributed by atoms with Crippen LogP contribution in [0.3, 0.4) is 0 Å². The highest BCUT2D eigenvalue weighted by atomic mass is 16.5. The third-order valence-electron chi connectivity index (χ3n) is 3.13. The standard InChI is InChI=1S/C15H14N4O3/c1-4-5-22-13-7-12(9(2)6-10(13)3)19-15(21)17-14(20)11(8-16)18-19/h1,6-7,11,18H,5H2,2-3H3,(H,17,20,21). The first kappa shape index (κ1) is 15.4. The number of anilines is 1. The fourth-order valence-corrected chi connectivity index (χ4v) is 2.08. The number of hydrogen-bond donors (Lipinski definition) is 2. The fraction of sp³-hybridized carbons (Fsp3) is 0.267. The predicted molar refractivity (Wildman–Crippen MR) is 78.8 cm³/mol. The summed E-state index contributed by atoms with van der Waals surface area (Å²) in [6, 6.07) is 3.44. The molecule has 7 heteroatoms. The highest BCUT2D eigenvalue weighted by molar-refractivity contribution is 6.07. The average molecular weight is 298 g/mol. The van der Waals surface area contributed by atoms with Gasteiger partial charge >= 0.3 is 6.03 Å². The van der Waals surface area contributed by atoms with Crippen LogP contribution in [0.1, 0.15) is 11.1 Å². The highest BCUT2D eigenvalue weighted by Gasteiger charge is 2.33. The van der Waals surface area contributed by atoms with Crippen molar-refractivity contribution in [2.75, 3.05) is 11.6 Å². The Kier molecular flexibility index (Phi) is 4.31. The van der Waals surface area contributed by atoms with Gasteiger partial charge in [-0.25, -0.2) is 9.80 Å². The zero-order chi connectivity index (χ0) is 16.3. The molecule has 2 N–H and O–H groups in total. The maximum atomic E-state index is 12.0. The molecule has 0 spiro atoms. The summed E-state index contributed by atoms with van der Waals surface area (Å²) in [5, 5.41) is 12.2. The van der Waals surface area contributed by atoms with Crippen molar-refractivity contribution < 1.29 is 14.3 Å². The maximum absolute atomic E-state index is 12.0. The molecule has 1 saturated heterocycles. The predicted octanol–water partition coefficient (Wildman–Crippen LogP) is 0.768. The number of benzene rings is 1. The van der Waals surface area contributed by atoms with Crippen molar-refractivity contribution in [3.05, 3.63) is 23.3 Å². The van der Waals surface area contributed by atoms with Crippen molar-refractivity contribution in [1.29, 1.82) is 5.26 Å². The van der Waals surface area contributed by atoms with Crippen LogP contribution in [-0.4, -0.2) is 24.6 Å². The average Bonchev–Trinajstić information content (AvgIpc) is 2.47. The van der Waals surface area contributed by atoms with Gasteiger partial charge in [-0.1, -0.05) is 12.0 Å². The molecule has 1 atom stereocenters. The molecule has 3 amide bonds. The van der Waals surface area contributed by atoms with E-state index in [1.54, 1.807) is 19.1 Å². The third-order valence-corrected chi connectivity index (χ3v) is 3.13. The number of terminal acetylenes is 1. The van der Waals surface area contributed by atoms with E-state index in [0.717, 1.165) is 16.1 Å². The van der Waals surface area contributed by atoms with Gasteiger partial charge in [0.15, 0.2) is 6.04 Å². The van der Waals surface area contributed by atoms with Crippen LogP contribution >= 0.6 is 0 Å². The van der Waals surface area contributed by atoms with Crippen molar-refractivity contribution in [3.63, 3.8) is 0 Å². The molecule has 1 heterocycles. The molecule has 2 rings (SSSR count). The molecular weight excluding hydrogens is 284 g/mol. The minimum Gasteiger partial charge on any atom is -0.481 e. The first-order valence-electron chi connectivity index (χ1n) is 6.46. The van der Waals surface area contributed by atoms with Crippen molar-refractivity contribution in [1.82, 2.24) is 10.7 Å². The Hall–Kier alpha value is -3.03. The Balaban J connectivity index is 2.39. The van der Waals surface area contributed by atoms with Crippen LogP contribution in [0, 0.1) is 37.5 Å². The SMILES string of the molecule is C#CCOc1cc(N2NC(C#N)C(=O)NC2=O)c(C)cc1C. The lowest BCUT2D eigenvalue weighted by Gasteiger charge is -2.31. The van der Waals surface area contributed by atoms with Crippen LogP contribution in [-0.2, 0) is 4.79 Å². The molecule has 1 unspecified atom stereocenters. The number of carbonyl (C=O) groups is 2. The molecule has 1 aliphatic rings. The van der Waals surface area contributed by atoms with E-state index in [1.165, 1.54) is 0 Å². The zero-order valence-electron chi connectivity index (χ0n) is 12.1. The van der Waals surface area contributed by atoms with Crippen LogP contribution in [0.2, 0.25) is 0 Å². The van der Waals surface area contributed by atoms with E-state index < -0.39 is 18.0 Å². The van der Waals surface area contributed by atoms with Crippen LogP contribution in [0.5, 0.6) is 5.75 Å². The Morgan fingerprint density at radius 2 is 2.09 bits per heavy atom. The molecule has 0 bridgehead atoms. The van der Waals surface area contributed by atoms with Gasteiger partial charge in [-0.2, -0.15) is 10.7 Å². The molecule has 112 valence electrons. The fourth-order valence-electron chi connectivity index (χ4n) is 2.08. The number of aryl methyl sites for hydroxylation is 2. The molecule has 1 aromatic rings. The van der Waals surface area contributed by atoms with Crippen LogP contribution in [0.15, 0.2) is 12.1 Å². The number of nitrogens with one attached hydrogen (secondary N) is 2. The molecule has 7 nitrogen and oxygen atoms in total. The number of rotatable bonds is 3. The summed E-state index contributed by atoms with van der Waals surface area (Å²) < 4.78 is 5.43. The molecule has 1 aliphatic heterocycles. The minimum atomic E-state index is -1.14. The number of amides is 3. The number of nitriles is 1. The van der Waals surface area contributed by atoms with E-state index in [4.69, 9.17) is 16.4 Å². The van der Waals surface area contributed by atoms with E-state index in [9.17, 15) is 9.59 Å². The van der Waals surface area contributed by atoms with Gasteiger partial charge in [0.05, 0.1) is 11.8 Å². The molecule has 1 fully saturated rings. The third kappa shape index (κ3) is 2.85. The highest BCUT2D eigenvalue weighted by Crippen LogP contribution is 2.29. The van der Waals surface area contributed by atoms with Gasteiger partial charge in [-0.05, 0) is 25.0 Å². The summed E-state index contributed by atoms with van der Waals surface area (Å²) in [7, 11) is 0. The molecule has 1 aromatic carbocycles. The van der Waals surface area contributed by atoms with Gasteiger partial charge in [-0.3, -0.25) is 10.1 Å². The Bertz CT molecular complexity index is 715. The zero-order valence-corrected chi connectivity index (χ0v) is 12.1. The van der Waals surface area contributed by atoms with Gasteiger partial charge in [0, 0.05) is 6.07 Å². The number of imide groups is 1. The second kappa shape index (κ2) is 6.17. The summed E-state index contributed by atoms with van der Waals surface area (Å²) in [5.74, 6) is 2.21. The van der Waals surface area contributed by atoms with E-state index >= 15 is 0 Å². The number of hydrogen-bond acceptors (Lipinski definition) is 5. The smallest absolute Gasteiger partial charge is 0.343 e. The lowest BCUT2D eigenvalue weighted by molar-refractivity contribution is -0.121. The normalized spacial score (nSPS) is 17.5. The number of urea groups is 1. The van der Waals surface area contributed by atoms with Crippen LogP contribution in [0.4, 0.5) is 10.5 Å². The van der Waals surface area contributed by atoms with Crippen LogP contribution < -0.4 is 20.5 Å². The Morgan fingerprint density at radius 1 is 1.36 bits per heavy atom. The molecule has 0 aromatic heterocycles. The summed E-state index contributed by atoms with van der Waals surface area (Å²) in [5.41, 5.74) is 4.69. The van der Waals surface area contributed by atoms with Gasteiger partial charge < -0.3 is 4.74 Å². The van der Waals surface area contributed by atoms with Crippen LogP contribution in [0.25, 0.3) is 0 Å². The minimum absolute atomic E-state index is 0.0995. The second-order valence-electron chi connectivity index (χ2n) is 4.72. The number of carbonyl (C=O) groups excluding carboxylic acids is 2.